The van der Waals surface area contributed by atoms with Crippen LogP contribution in [0.15, 0.2) is 48.5 Å². The number of hydrogen-bond donors (Lipinski definition) is 2. The van der Waals surface area contributed by atoms with Gasteiger partial charge < -0.3 is 15.4 Å². The third-order valence-electron chi connectivity index (χ3n) is 3.74. The first-order valence-corrected chi connectivity index (χ1v) is 8.76. The topological polar surface area (TPSA) is 108 Å². The molecule has 2 rings (SSSR count). The molecular formula is C20H18ClN3O4. The van der Waals surface area contributed by atoms with E-state index in [0.717, 1.165) is 0 Å². The van der Waals surface area contributed by atoms with Crippen molar-refractivity contribution < 1.29 is 19.1 Å². The smallest absolute Gasteiger partial charge is 0.329 e. The number of halogens is 1. The van der Waals surface area contributed by atoms with E-state index in [1.165, 1.54) is 26.0 Å². The highest BCUT2D eigenvalue weighted by Crippen LogP contribution is 2.15. The Bertz CT molecular complexity index is 939. The normalized spacial score (nSPS) is 12.2. The van der Waals surface area contributed by atoms with Gasteiger partial charge in [0.1, 0.15) is 6.04 Å². The predicted octanol–water partition coefficient (Wildman–Crippen LogP) is 2.90. The van der Waals surface area contributed by atoms with Crippen LogP contribution in [-0.2, 0) is 14.3 Å². The van der Waals surface area contributed by atoms with Crippen molar-refractivity contribution in [2.75, 3.05) is 5.32 Å². The summed E-state index contributed by atoms with van der Waals surface area (Å²) in [7, 11) is 0. The molecule has 0 unspecified atom stereocenters. The molecule has 0 radical (unpaired) electrons. The molecule has 0 fully saturated rings. The lowest BCUT2D eigenvalue weighted by Crippen LogP contribution is -2.42. The molecule has 2 aromatic rings. The molecule has 2 amide bonds. The average molecular weight is 400 g/mol. The fourth-order valence-corrected chi connectivity index (χ4v) is 2.44. The van der Waals surface area contributed by atoms with E-state index in [9.17, 15) is 14.4 Å². The zero-order chi connectivity index (χ0) is 20.7. The molecule has 0 aliphatic carbocycles. The van der Waals surface area contributed by atoms with Gasteiger partial charge in [0, 0.05) is 5.69 Å². The van der Waals surface area contributed by atoms with Gasteiger partial charge in [-0.3, -0.25) is 9.59 Å². The lowest BCUT2D eigenvalue weighted by Gasteiger charge is -2.18. The Morgan fingerprint density at radius 2 is 1.82 bits per heavy atom. The van der Waals surface area contributed by atoms with E-state index < -0.39 is 29.9 Å². The van der Waals surface area contributed by atoms with Crippen molar-refractivity contribution in [1.29, 1.82) is 5.26 Å². The summed E-state index contributed by atoms with van der Waals surface area (Å²) in [5.41, 5.74) is 1.03. The molecule has 2 atom stereocenters. The van der Waals surface area contributed by atoms with Crippen LogP contribution in [0.3, 0.4) is 0 Å². The number of esters is 1. The Morgan fingerprint density at radius 3 is 2.50 bits per heavy atom. The third kappa shape index (κ3) is 5.56. The van der Waals surface area contributed by atoms with Crippen LogP contribution in [0.2, 0.25) is 5.02 Å². The van der Waals surface area contributed by atoms with Crippen LogP contribution in [0.1, 0.15) is 29.8 Å². The SMILES string of the molecule is C[C@H](NC(=O)c1ccccc1Cl)C(=O)O[C@@H](C)C(=O)Nc1cccc(C#N)c1. The van der Waals surface area contributed by atoms with Gasteiger partial charge in [-0.15, -0.1) is 0 Å². The van der Waals surface area contributed by atoms with Crippen LogP contribution in [0.4, 0.5) is 5.69 Å². The quantitative estimate of drug-likeness (QED) is 0.726. The van der Waals surface area contributed by atoms with Crippen LogP contribution in [0.25, 0.3) is 0 Å². The molecular weight excluding hydrogens is 382 g/mol. The van der Waals surface area contributed by atoms with Crippen molar-refractivity contribution in [3.05, 3.63) is 64.7 Å². The van der Waals surface area contributed by atoms with Gasteiger partial charge in [-0.2, -0.15) is 5.26 Å². The standard InChI is InChI=1S/C20H18ClN3O4/c1-12(23-19(26)16-8-3-4-9-17(16)21)20(27)28-13(2)18(25)24-15-7-5-6-14(10-15)11-22/h3-10,12-13H,1-2H3,(H,23,26)(H,24,25)/t12-,13-/m0/s1. The van der Waals surface area contributed by atoms with Gasteiger partial charge in [0.15, 0.2) is 6.10 Å². The minimum absolute atomic E-state index is 0.229. The summed E-state index contributed by atoms with van der Waals surface area (Å²) < 4.78 is 5.11. The third-order valence-corrected chi connectivity index (χ3v) is 4.07. The maximum absolute atomic E-state index is 12.2. The van der Waals surface area contributed by atoms with Crippen LogP contribution in [0.5, 0.6) is 0 Å². The van der Waals surface area contributed by atoms with Gasteiger partial charge in [-0.05, 0) is 44.2 Å². The van der Waals surface area contributed by atoms with Gasteiger partial charge >= 0.3 is 5.97 Å². The molecule has 0 spiro atoms. The average Bonchev–Trinajstić information content (AvgIpc) is 2.68. The van der Waals surface area contributed by atoms with Gasteiger partial charge in [-0.25, -0.2) is 4.79 Å². The monoisotopic (exact) mass is 399 g/mol. The first kappa shape index (κ1) is 20.9. The molecule has 0 saturated carbocycles. The van der Waals surface area contributed by atoms with E-state index in [-0.39, 0.29) is 10.6 Å². The van der Waals surface area contributed by atoms with Crippen LogP contribution in [0, 0.1) is 11.3 Å². The molecule has 7 nitrogen and oxygen atoms in total. The number of rotatable bonds is 6. The van der Waals surface area contributed by atoms with E-state index in [4.69, 9.17) is 21.6 Å². The molecule has 2 N–H and O–H groups in total. The van der Waals surface area contributed by atoms with Crippen molar-refractivity contribution in [1.82, 2.24) is 5.32 Å². The molecule has 2 aromatic carbocycles. The van der Waals surface area contributed by atoms with E-state index in [0.29, 0.717) is 11.3 Å². The number of ether oxygens (including phenoxy) is 1. The van der Waals surface area contributed by atoms with E-state index in [2.05, 4.69) is 10.6 Å². The number of nitriles is 1. The van der Waals surface area contributed by atoms with E-state index in [1.54, 1.807) is 36.4 Å². The molecule has 0 saturated heterocycles. The minimum atomic E-state index is -1.10. The lowest BCUT2D eigenvalue weighted by atomic mass is 10.2. The van der Waals surface area contributed by atoms with Crippen molar-refractivity contribution in [3.8, 4) is 6.07 Å². The highest BCUT2D eigenvalue weighted by atomic mass is 35.5. The van der Waals surface area contributed by atoms with Crippen molar-refractivity contribution >= 4 is 35.1 Å². The summed E-state index contributed by atoms with van der Waals surface area (Å²) in [6.45, 7) is 2.85. The predicted molar refractivity (Wildman–Crippen MR) is 104 cm³/mol. The fraction of sp³-hybridized carbons (Fsp3) is 0.200. The largest absolute Gasteiger partial charge is 0.451 e. The Morgan fingerprint density at radius 1 is 1.11 bits per heavy atom. The number of carbonyl (C=O) groups excluding carboxylic acids is 3. The highest BCUT2D eigenvalue weighted by molar-refractivity contribution is 6.33. The second kappa shape index (κ2) is 9.53. The number of amides is 2. The maximum atomic E-state index is 12.2. The van der Waals surface area contributed by atoms with Crippen LogP contribution >= 0.6 is 11.6 Å². The Labute approximate surface area is 167 Å². The molecule has 8 heteroatoms. The molecule has 0 aromatic heterocycles. The highest BCUT2D eigenvalue weighted by Gasteiger charge is 2.24. The number of nitrogens with one attached hydrogen (secondary N) is 2. The number of benzene rings is 2. The molecule has 28 heavy (non-hydrogen) atoms. The summed E-state index contributed by atoms with van der Waals surface area (Å²) in [4.78, 5) is 36.5. The van der Waals surface area contributed by atoms with Gasteiger partial charge in [-0.1, -0.05) is 29.8 Å². The summed E-state index contributed by atoms with van der Waals surface area (Å²) >= 11 is 5.96. The molecule has 144 valence electrons. The second-order valence-electron chi connectivity index (χ2n) is 5.94. The number of carbonyl (C=O) groups is 3. The summed E-state index contributed by atoms with van der Waals surface area (Å²) in [5, 5.41) is 14.2. The first-order chi connectivity index (χ1) is 13.3. The van der Waals surface area contributed by atoms with Crippen molar-refractivity contribution in [2.45, 2.75) is 26.0 Å². The molecule has 0 aliphatic heterocycles. The zero-order valence-corrected chi connectivity index (χ0v) is 16.0. The van der Waals surface area contributed by atoms with Crippen molar-refractivity contribution in [2.24, 2.45) is 0 Å². The Hall–Kier alpha value is -3.37. The maximum Gasteiger partial charge on any atom is 0.329 e. The molecule has 0 aliphatic rings. The van der Waals surface area contributed by atoms with E-state index in [1.807, 2.05) is 6.07 Å². The minimum Gasteiger partial charge on any atom is -0.451 e. The van der Waals surface area contributed by atoms with Crippen LogP contribution < -0.4 is 10.6 Å². The summed E-state index contributed by atoms with van der Waals surface area (Å²) in [5.74, 6) is -1.86. The van der Waals surface area contributed by atoms with Gasteiger partial charge in [0.05, 0.1) is 22.2 Å². The summed E-state index contributed by atoms with van der Waals surface area (Å²) in [6.07, 6.45) is -1.10. The van der Waals surface area contributed by atoms with Crippen LogP contribution in [-0.4, -0.2) is 29.9 Å². The van der Waals surface area contributed by atoms with Crippen molar-refractivity contribution in [3.63, 3.8) is 0 Å². The number of anilines is 1. The fourth-order valence-electron chi connectivity index (χ4n) is 2.22. The Kier molecular flexibility index (Phi) is 7.13. The van der Waals surface area contributed by atoms with Gasteiger partial charge in [0.25, 0.3) is 11.8 Å². The molecule has 0 bridgehead atoms. The number of nitrogens with zero attached hydrogens (tertiary/aromatic N) is 1. The second-order valence-corrected chi connectivity index (χ2v) is 6.34. The first-order valence-electron chi connectivity index (χ1n) is 8.38. The van der Waals surface area contributed by atoms with Gasteiger partial charge in [0.2, 0.25) is 0 Å². The van der Waals surface area contributed by atoms with E-state index >= 15 is 0 Å². The number of hydrogen-bond acceptors (Lipinski definition) is 5. The zero-order valence-electron chi connectivity index (χ0n) is 15.2. The molecule has 0 heterocycles. The lowest BCUT2D eigenvalue weighted by molar-refractivity contribution is -0.154. The summed E-state index contributed by atoms with van der Waals surface area (Å²) in [6, 6.07) is 13.7. The Balaban J connectivity index is 1.91.